The molecule has 0 aliphatic rings. The first-order valence-electron chi connectivity index (χ1n) is 17.6. The molecule has 0 spiro atoms. The highest BCUT2D eigenvalue weighted by Crippen LogP contribution is 2.42. The van der Waals surface area contributed by atoms with Crippen LogP contribution in [0.1, 0.15) is 0 Å². The SMILES string of the molecule is c1ccc2c(c1)ccc1c3cc(-c4ccc(-c5ccc(-c6ccc7ccc8ccc9c%10ccccc%10sc9c8c7c6)cc5)cc4)ccc3ccc21. The van der Waals surface area contributed by atoms with Gasteiger partial charge in [-0.1, -0.05) is 164 Å². The molecule has 1 heteroatoms. The fourth-order valence-electron chi connectivity index (χ4n) is 8.21. The molecule has 236 valence electrons. The zero-order chi connectivity index (χ0) is 33.5. The summed E-state index contributed by atoms with van der Waals surface area (Å²) < 4.78 is 2.72. The Labute approximate surface area is 299 Å². The van der Waals surface area contributed by atoms with Gasteiger partial charge < -0.3 is 0 Å². The molecular weight excluding hydrogens is 633 g/mol. The van der Waals surface area contributed by atoms with E-state index in [-0.39, 0.29) is 0 Å². The van der Waals surface area contributed by atoms with Crippen LogP contribution in [0, 0.1) is 0 Å². The minimum atomic E-state index is 1.22. The molecule has 11 rings (SSSR count). The smallest absolute Gasteiger partial charge is 0.0440 e. The summed E-state index contributed by atoms with van der Waals surface area (Å²) in [5, 5.41) is 15.7. The standard InChI is InChI=1S/C50H30S/c1-2-6-41-35(5-1)23-27-43-42(41)26-24-36-18-21-39(29-46(36)43)33-13-9-31(10-14-33)32-11-15-34(16-12-32)40-22-19-37-17-20-38-25-28-45-44-7-3-4-8-48(44)51-50(45)49(38)47(37)30-40/h1-30H. The first-order chi connectivity index (χ1) is 25.2. The van der Waals surface area contributed by atoms with Crippen LogP contribution in [0.5, 0.6) is 0 Å². The van der Waals surface area contributed by atoms with E-state index in [0.29, 0.717) is 0 Å². The van der Waals surface area contributed by atoms with Gasteiger partial charge in [-0.25, -0.2) is 0 Å². The van der Waals surface area contributed by atoms with E-state index in [2.05, 4.69) is 182 Å². The van der Waals surface area contributed by atoms with Crippen LogP contribution >= 0.6 is 11.3 Å². The van der Waals surface area contributed by atoms with E-state index in [1.54, 1.807) is 0 Å². The lowest BCUT2D eigenvalue weighted by Crippen LogP contribution is -1.85. The van der Waals surface area contributed by atoms with Crippen LogP contribution in [-0.2, 0) is 0 Å². The van der Waals surface area contributed by atoms with Crippen LogP contribution in [0.25, 0.3) is 107 Å². The average Bonchev–Trinajstić information content (AvgIpc) is 3.59. The second-order valence-electron chi connectivity index (χ2n) is 13.7. The summed E-state index contributed by atoms with van der Waals surface area (Å²) in [5.41, 5.74) is 7.38. The summed E-state index contributed by atoms with van der Waals surface area (Å²) in [6.07, 6.45) is 0. The largest absolute Gasteiger partial charge is 0.135 e. The topological polar surface area (TPSA) is 0 Å². The Bertz CT molecular complexity index is 3160. The molecule has 0 fully saturated rings. The van der Waals surface area contributed by atoms with Crippen LogP contribution in [0.3, 0.4) is 0 Å². The summed E-state index contributed by atoms with van der Waals surface area (Å²) in [7, 11) is 0. The minimum Gasteiger partial charge on any atom is -0.135 e. The minimum absolute atomic E-state index is 1.22. The summed E-state index contributed by atoms with van der Waals surface area (Å²) in [6, 6.07) is 67.5. The maximum absolute atomic E-state index is 2.39. The van der Waals surface area contributed by atoms with Crippen molar-refractivity contribution in [2.24, 2.45) is 0 Å². The summed E-state index contributed by atoms with van der Waals surface area (Å²) in [4.78, 5) is 0. The van der Waals surface area contributed by atoms with E-state index < -0.39 is 0 Å². The molecule has 0 nitrogen and oxygen atoms in total. The van der Waals surface area contributed by atoms with Gasteiger partial charge >= 0.3 is 0 Å². The lowest BCUT2D eigenvalue weighted by molar-refractivity contribution is 1.59. The Kier molecular flexibility index (Phi) is 6.22. The molecule has 0 bridgehead atoms. The fourth-order valence-corrected chi connectivity index (χ4v) is 9.48. The number of benzene rings is 10. The Hall–Kier alpha value is -6.28. The molecule has 0 N–H and O–H groups in total. The van der Waals surface area contributed by atoms with E-state index in [0.717, 1.165) is 0 Å². The van der Waals surface area contributed by atoms with E-state index >= 15 is 0 Å². The lowest BCUT2D eigenvalue weighted by Gasteiger charge is -2.11. The van der Waals surface area contributed by atoms with Gasteiger partial charge in [0.25, 0.3) is 0 Å². The molecule has 1 heterocycles. The van der Waals surface area contributed by atoms with Crippen molar-refractivity contribution >= 4 is 85.4 Å². The van der Waals surface area contributed by atoms with Gasteiger partial charge in [0.2, 0.25) is 0 Å². The molecule has 0 saturated carbocycles. The highest BCUT2D eigenvalue weighted by molar-refractivity contribution is 7.26. The van der Waals surface area contributed by atoms with Crippen molar-refractivity contribution in [3.8, 4) is 33.4 Å². The van der Waals surface area contributed by atoms with Crippen molar-refractivity contribution in [3.05, 3.63) is 182 Å². The molecule has 0 unspecified atom stereocenters. The van der Waals surface area contributed by atoms with Crippen molar-refractivity contribution in [3.63, 3.8) is 0 Å². The third-order valence-electron chi connectivity index (χ3n) is 10.9. The first-order valence-corrected chi connectivity index (χ1v) is 18.4. The molecule has 0 saturated heterocycles. The van der Waals surface area contributed by atoms with Crippen LogP contribution < -0.4 is 0 Å². The normalized spacial score (nSPS) is 11.9. The van der Waals surface area contributed by atoms with Gasteiger partial charge in [-0.3, -0.25) is 0 Å². The van der Waals surface area contributed by atoms with Crippen LogP contribution in [0.15, 0.2) is 182 Å². The number of fused-ring (bicyclic) bond motifs is 12. The summed E-state index contributed by atoms with van der Waals surface area (Å²) in [5.74, 6) is 0. The number of hydrogen-bond acceptors (Lipinski definition) is 1. The fraction of sp³-hybridized carbons (Fsp3) is 0. The molecule has 10 aromatic carbocycles. The second kappa shape index (κ2) is 11.1. The van der Waals surface area contributed by atoms with Crippen LogP contribution in [0.2, 0.25) is 0 Å². The van der Waals surface area contributed by atoms with Gasteiger partial charge in [-0.2, -0.15) is 0 Å². The molecule has 0 aliphatic carbocycles. The Balaban J connectivity index is 0.932. The third kappa shape index (κ3) is 4.52. The lowest BCUT2D eigenvalue weighted by atomic mass is 9.93. The number of hydrogen-bond donors (Lipinski definition) is 0. The van der Waals surface area contributed by atoms with Gasteiger partial charge in [0.1, 0.15) is 0 Å². The average molecular weight is 663 g/mol. The number of thiophene rings is 1. The third-order valence-corrected chi connectivity index (χ3v) is 12.1. The predicted molar refractivity (Wildman–Crippen MR) is 223 cm³/mol. The van der Waals surface area contributed by atoms with E-state index in [4.69, 9.17) is 0 Å². The Morgan fingerprint density at radius 1 is 0.255 bits per heavy atom. The molecule has 51 heavy (non-hydrogen) atoms. The molecule has 11 aromatic rings. The van der Waals surface area contributed by atoms with Gasteiger partial charge in [-0.15, -0.1) is 11.3 Å². The van der Waals surface area contributed by atoms with Crippen LogP contribution in [-0.4, -0.2) is 0 Å². The van der Waals surface area contributed by atoms with Gasteiger partial charge in [0.05, 0.1) is 0 Å². The summed E-state index contributed by atoms with van der Waals surface area (Å²) in [6.45, 7) is 0. The monoisotopic (exact) mass is 662 g/mol. The van der Waals surface area contributed by atoms with Gasteiger partial charge in [-0.05, 0) is 100 Å². The van der Waals surface area contributed by atoms with Crippen molar-refractivity contribution in [2.45, 2.75) is 0 Å². The van der Waals surface area contributed by atoms with Crippen molar-refractivity contribution in [1.82, 2.24) is 0 Å². The maximum atomic E-state index is 2.39. The molecule has 0 atom stereocenters. The maximum Gasteiger partial charge on any atom is 0.0440 e. The van der Waals surface area contributed by atoms with Crippen molar-refractivity contribution < 1.29 is 0 Å². The Morgan fingerprint density at radius 3 is 1.39 bits per heavy atom. The molecular formula is C50H30S. The van der Waals surface area contributed by atoms with E-state index in [1.165, 1.54) is 107 Å². The summed E-state index contributed by atoms with van der Waals surface area (Å²) >= 11 is 1.91. The van der Waals surface area contributed by atoms with Crippen molar-refractivity contribution in [2.75, 3.05) is 0 Å². The quantitative estimate of drug-likeness (QED) is 0.165. The van der Waals surface area contributed by atoms with E-state index in [1.807, 2.05) is 11.3 Å². The predicted octanol–water partition coefficient (Wildman–Crippen LogP) is 14.8. The second-order valence-corrected chi connectivity index (χ2v) is 14.7. The van der Waals surface area contributed by atoms with Gasteiger partial charge in [0, 0.05) is 25.6 Å². The Morgan fingerprint density at radius 2 is 0.686 bits per heavy atom. The molecule has 1 aromatic heterocycles. The highest BCUT2D eigenvalue weighted by Gasteiger charge is 2.12. The zero-order valence-electron chi connectivity index (χ0n) is 27.7. The zero-order valence-corrected chi connectivity index (χ0v) is 28.5. The van der Waals surface area contributed by atoms with Crippen LogP contribution in [0.4, 0.5) is 0 Å². The van der Waals surface area contributed by atoms with E-state index in [9.17, 15) is 0 Å². The first kappa shape index (κ1) is 28.5. The molecule has 0 aliphatic heterocycles. The van der Waals surface area contributed by atoms with Crippen molar-refractivity contribution in [1.29, 1.82) is 0 Å². The molecule has 0 amide bonds. The molecule has 0 radical (unpaired) electrons. The number of rotatable bonds is 3. The van der Waals surface area contributed by atoms with Gasteiger partial charge in [0.15, 0.2) is 0 Å². The highest BCUT2D eigenvalue weighted by atomic mass is 32.1.